The number of rotatable bonds is 4. The number of aryl methyl sites for hydroxylation is 1. The number of ketones is 1. The SMILES string of the molecule is Cc1[nH]c2ccccc2c1[C@H](C)CC(=O)c1ccccc1. The van der Waals surface area contributed by atoms with Gasteiger partial charge < -0.3 is 4.98 Å². The van der Waals surface area contributed by atoms with Crippen molar-refractivity contribution in [2.45, 2.75) is 26.2 Å². The molecular formula is C19H19NO. The predicted octanol–water partition coefficient (Wildman–Crippen LogP) is 4.85. The molecular weight excluding hydrogens is 258 g/mol. The third-order valence-electron chi connectivity index (χ3n) is 4.02. The second kappa shape index (κ2) is 5.57. The molecule has 3 aromatic rings. The van der Waals surface area contributed by atoms with Crippen molar-refractivity contribution in [3.63, 3.8) is 0 Å². The summed E-state index contributed by atoms with van der Waals surface area (Å²) in [6, 6.07) is 17.8. The number of aromatic nitrogens is 1. The summed E-state index contributed by atoms with van der Waals surface area (Å²) >= 11 is 0. The fraction of sp³-hybridized carbons (Fsp3) is 0.211. The average molecular weight is 277 g/mol. The quantitative estimate of drug-likeness (QED) is 0.679. The normalized spacial score (nSPS) is 12.5. The van der Waals surface area contributed by atoms with Crippen LogP contribution in [0.3, 0.4) is 0 Å². The molecule has 0 fully saturated rings. The number of Topliss-reactive ketones (excluding diaryl/α,β-unsaturated/α-hetero) is 1. The molecule has 2 heteroatoms. The molecule has 0 aliphatic carbocycles. The monoisotopic (exact) mass is 277 g/mol. The van der Waals surface area contributed by atoms with Crippen LogP contribution in [0.2, 0.25) is 0 Å². The van der Waals surface area contributed by atoms with Gasteiger partial charge in [-0.2, -0.15) is 0 Å². The van der Waals surface area contributed by atoms with Gasteiger partial charge in [0.1, 0.15) is 0 Å². The van der Waals surface area contributed by atoms with Gasteiger partial charge in [0.25, 0.3) is 0 Å². The Bertz CT molecular complexity index is 771. The number of hydrogen-bond donors (Lipinski definition) is 1. The molecule has 1 aromatic heterocycles. The van der Waals surface area contributed by atoms with Gasteiger partial charge in [0, 0.05) is 28.6 Å². The van der Waals surface area contributed by atoms with Crippen molar-refractivity contribution in [2.75, 3.05) is 0 Å². The summed E-state index contributed by atoms with van der Waals surface area (Å²) in [5.41, 5.74) is 4.35. The highest BCUT2D eigenvalue weighted by molar-refractivity contribution is 5.97. The van der Waals surface area contributed by atoms with Crippen LogP contribution in [0, 0.1) is 6.92 Å². The van der Waals surface area contributed by atoms with Gasteiger partial charge in [0.15, 0.2) is 5.78 Å². The maximum atomic E-state index is 12.4. The highest BCUT2D eigenvalue weighted by Gasteiger charge is 2.18. The minimum atomic E-state index is 0.202. The van der Waals surface area contributed by atoms with Crippen LogP contribution in [0.25, 0.3) is 10.9 Å². The van der Waals surface area contributed by atoms with E-state index in [1.165, 1.54) is 10.9 Å². The van der Waals surface area contributed by atoms with E-state index in [1.54, 1.807) is 0 Å². The Morgan fingerprint density at radius 3 is 2.48 bits per heavy atom. The molecule has 1 N–H and O–H groups in total. The van der Waals surface area contributed by atoms with Crippen molar-refractivity contribution in [3.05, 3.63) is 71.4 Å². The molecule has 0 bridgehead atoms. The molecule has 106 valence electrons. The topological polar surface area (TPSA) is 32.9 Å². The zero-order chi connectivity index (χ0) is 14.8. The maximum absolute atomic E-state index is 12.4. The summed E-state index contributed by atoms with van der Waals surface area (Å²) in [5, 5.41) is 1.23. The number of carbonyl (C=O) groups is 1. The fourth-order valence-electron chi connectivity index (χ4n) is 3.06. The Labute approximate surface area is 124 Å². The molecule has 0 saturated carbocycles. The molecule has 0 aliphatic rings. The van der Waals surface area contributed by atoms with E-state index < -0.39 is 0 Å². The molecule has 1 atom stereocenters. The number of hydrogen-bond acceptors (Lipinski definition) is 1. The maximum Gasteiger partial charge on any atom is 0.163 e. The number of carbonyl (C=O) groups excluding carboxylic acids is 1. The number of para-hydroxylation sites is 1. The van der Waals surface area contributed by atoms with Gasteiger partial charge in [-0.1, -0.05) is 55.5 Å². The molecule has 0 amide bonds. The molecule has 0 spiro atoms. The first-order valence-electron chi connectivity index (χ1n) is 7.32. The van der Waals surface area contributed by atoms with E-state index in [-0.39, 0.29) is 11.7 Å². The largest absolute Gasteiger partial charge is 0.358 e. The molecule has 0 radical (unpaired) electrons. The Kier molecular flexibility index (Phi) is 3.61. The van der Waals surface area contributed by atoms with Gasteiger partial charge >= 0.3 is 0 Å². The highest BCUT2D eigenvalue weighted by Crippen LogP contribution is 2.31. The second-order valence-electron chi connectivity index (χ2n) is 5.60. The lowest BCUT2D eigenvalue weighted by Crippen LogP contribution is -2.05. The third kappa shape index (κ3) is 2.62. The standard InChI is InChI=1S/C19H19NO/c1-13(12-18(21)15-8-4-3-5-9-15)19-14(2)20-17-11-7-6-10-16(17)19/h3-11,13,20H,12H2,1-2H3/t13-/m1/s1. The summed E-state index contributed by atoms with van der Waals surface area (Å²) in [5.74, 6) is 0.404. The third-order valence-corrected chi connectivity index (χ3v) is 4.02. The smallest absolute Gasteiger partial charge is 0.163 e. The van der Waals surface area contributed by atoms with Crippen molar-refractivity contribution < 1.29 is 4.79 Å². The first-order valence-corrected chi connectivity index (χ1v) is 7.32. The zero-order valence-electron chi connectivity index (χ0n) is 12.4. The Morgan fingerprint density at radius 1 is 1.05 bits per heavy atom. The predicted molar refractivity (Wildman–Crippen MR) is 86.8 cm³/mol. The second-order valence-corrected chi connectivity index (χ2v) is 5.60. The summed E-state index contributed by atoms with van der Waals surface area (Å²) in [4.78, 5) is 15.8. The Morgan fingerprint density at radius 2 is 1.71 bits per heavy atom. The summed E-state index contributed by atoms with van der Waals surface area (Å²) in [6.45, 7) is 4.21. The molecule has 1 heterocycles. The van der Waals surface area contributed by atoms with Crippen LogP contribution >= 0.6 is 0 Å². The molecule has 3 rings (SSSR count). The van der Waals surface area contributed by atoms with Crippen LogP contribution in [0.15, 0.2) is 54.6 Å². The van der Waals surface area contributed by atoms with Crippen LogP contribution in [-0.2, 0) is 0 Å². The lowest BCUT2D eigenvalue weighted by atomic mass is 9.91. The Hall–Kier alpha value is -2.35. The molecule has 21 heavy (non-hydrogen) atoms. The number of benzene rings is 2. The zero-order valence-corrected chi connectivity index (χ0v) is 12.4. The van der Waals surface area contributed by atoms with Gasteiger partial charge in [-0.05, 0) is 24.5 Å². The van der Waals surface area contributed by atoms with Gasteiger partial charge in [-0.25, -0.2) is 0 Å². The number of H-pyrrole nitrogens is 1. The van der Waals surface area contributed by atoms with E-state index >= 15 is 0 Å². The van der Waals surface area contributed by atoms with Crippen LogP contribution in [0.4, 0.5) is 0 Å². The van der Waals surface area contributed by atoms with E-state index in [2.05, 4.69) is 31.0 Å². The summed E-state index contributed by atoms with van der Waals surface area (Å²) < 4.78 is 0. The minimum absolute atomic E-state index is 0.202. The Balaban J connectivity index is 1.89. The van der Waals surface area contributed by atoms with E-state index in [1.807, 2.05) is 42.5 Å². The van der Waals surface area contributed by atoms with Gasteiger partial charge in [0.2, 0.25) is 0 Å². The van der Waals surface area contributed by atoms with Crippen LogP contribution in [-0.4, -0.2) is 10.8 Å². The molecule has 2 aromatic carbocycles. The van der Waals surface area contributed by atoms with Crippen LogP contribution < -0.4 is 0 Å². The fourth-order valence-corrected chi connectivity index (χ4v) is 3.06. The molecule has 2 nitrogen and oxygen atoms in total. The lowest BCUT2D eigenvalue weighted by Gasteiger charge is -2.11. The van der Waals surface area contributed by atoms with Crippen molar-refractivity contribution in [2.24, 2.45) is 0 Å². The van der Waals surface area contributed by atoms with E-state index in [0.29, 0.717) is 6.42 Å². The van der Waals surface area contributed by atoms with Gasteiger partial charge in [0.05, 0.1) is 0 Å². The van der Waals surface area contributed by atoms with Crippen molar-refractivity contribution in [1.82, 2.24) is 4.98 Å². The van der Waals surface area contributed by atoms with E-state index in [9.17, 15) is 4.79 Å². The van der Waals surface area contributed by atoms with Crippen molar-refractivity contribution in [3.8, 4) is 0 Å². The van der Waals surface area contributed by atoms with Crippen LogP contribution in [0.5, 0.6) is 0 Å². The molecule has 0 aliphatic heterocycles. The number of fused-ring (bicyclic) bond motifs is 1. The average Bonchev–Trinajstić information content (AvgIpc) is 2.83. The van der Waals surface area contributed by atoms with Crippen molar-refractivity contribution in [1.29, 1.82) is 0 Å². The molecule has 0 saturated heterocycles. The van der Waals surface area contributed by atoms with Gasteiger partial charge in [-0.15, -0.1) is 0 Å². The van der Waals surface area contributed by atoms with E-state index in [4.69, 9.17) is 0 Å². The first kappa shape index (κ1) is 13.6. The number of nitrogens with one attached hydrogen (secondary N) is 1. The number of aromatic amines is 1. The van der Waals surface area contributed by atoms with Crippen molar-refractivity contribution >= 4 is 16.7 Å². The summed E-state index contributed by atoms with van der Waals surface area (Å²) in [7, 11) is 0. The van der Waals surface area contributed by atoms with Gasteiger partial charge in [-0.3, -0.25) is 4.79 Å². The minimum Gasteiger partial charge on any atom is -0.358 e. The first-order chi connectivity index (χ1) is 10.2. The van der Waals surface area contributed by atoms with E-state index in [0.717, 1.165) is 16.8 Å². The molecule has 0 unspecified atom stereocenters. The lowest BCUT2D eigenvalue weighted by molar-refractivity contribution is 0.0976. The highest BCUT2D eigenvalue weighted by atomic mass is 16.1. The summed E-state index contributed by atoms with van der Waals surface area (Å²) in [6.07, 6.45) is 0.534. The van der Waals surface area contributed by atoms with Crippen LogP contribution in [0.1, 0.15) is 40.9 Å².